The summed E-state index contributed by atoms with van der Waals surface area (Å²) < 4.78 is 35.6. The lowest BCUT2D eigenvalue weighted by Crippen LogP contribution is -2.64. The van der Waals surface area contributed by atoms with Gasteiger partial charge in [0.2, 0.25) is 11.9 Å². The molecule has 3 aliphatic rings. The van der Waals surface area contributed by atoms with Gasteiger partial charge in [-0.05, 0) is 56.4 Å². The summed E-state index contributed by atoms with van der Waals surface area (Å²) in [6.07, 6.45) is 7.85. The van der Waals surface area contributed by atoms with Crippen molar-refractivity contribution in [2.75, 3.05) is 26.4 Å². The normalized spacial score (nSPS) is 21.5. The van der Waals surface area contributed by atoms with Crippen molar-refractivity contribution >= 4 is 12.1 Å². The molecule has 3 heterocycles. The predicted molar refractivity (Wildman–Crippen MR) is 245 cm³/mol. The van der Waals surface area contributed by atoms with Crippen molar-refractivity contribution in [1.82, 2.24) is 4.90 Å². The minimum Gasteiger partial charge on any atom is -0.624 e. The van der Waals surface area contributed by atoms with E-state index in [-0.39, 0.29) is 54.4 Å². The minimum atomic E-state index is -0.276. The maximum Gasteiger partial charge on any atom is 0.231 e. The molecule has 2 saturated heterocycles. The molecule has 0 aliphatic carbocycles. The molecule has 4 aromatic carbocycles. The van der Waals surface area contributed by atoms with Crippen LogP contribution in [0.25, 0.3) is 0 Å². The monoisotopic (exact) mass is 859 g/mol. The van der Waals surface area contributed by atoms with Gasteiger partial charge in [0, 0.05) is 26.2 Å². The standard InChI is InChI=1S/C25H31NO4.C19H21NO3.C6H10O.C2H3N/c1-3-29-18(2)24-21-14-23(30-16-20-12-8-5-9-13-20)22(26(21)25(24)27)17-28-15-19-10-6-4-7-11-19;21-20-12-11-19(23-14-17-9-5-2-6-10-17)18(20)15-22-13-16-7-3-1-4-8-16;1-4-6(3)7-5-2;1-2-3/h4-13,18,21-24H,3,14-17H2,1-2H3;1-10,12,18-19H,11,13-15H2;1,6H,5H2,2-3H3;1H3/t18?,21-,22+,23+,24+;18-,19-;;/m10../s1. The summed E-state index contributed by atoms with van der Waals surface area (Å²) in [6, 6.07) is 41.8. The van der Waals surface area contributed by atoms with Gasteiger partial charge in [-0.15, -0.1) is 6.42 Å². The summed E-state index contributed by atoms with van der Waals surface area (Å²) in [7, 11) is 0. The second-order valence-corrected chi connectivity index (χ2v) is 15.3. The molecule has 0 N–H and O–H groups in total. The Morgan fingerprint density at radius 2 is 1.17 bits per heavy atom. The Labute approximate surface area is 375 Å². The van der Waals surface area contributed by atoms with Crippen LogP contribution in [0.3, 0.4) is 0 Å². The first kappa shape index (κ1) is 50.3. The molecule has 1 amide bonds. The number of benzene rings is 4. The van der Waals surface area contributed by atoms with Crippen LogP contribution in [-0.2, 0) is 59.6 Å². The van der Waals surface area contributed by atoms with Crippen molar-refractivity contribution < 1.29 is 38.0 Å². The molecule has 11 heteroatoms. The van der Waals surface area contributed by atoms with Gasteiger partial charge in [-0.25, -0.2) is 4.74 Å². The number of nitriles is 1. The summed E-state index contributed by atoms with van der Waals surface area (Å²) in [6.45, 7) is 13.5. The Balaban J connectivity index is 0.000000233. The maximum absolute atomic E-state index is 13.0. The molecule has 4 aromatic rings. The van der Waals surface area contributed by atoms with Crippen molar-refractivity contribution in [3.8, 4) is 18.4 Å². The summed E-state index contributed by atoms with van der Waals surface area (Å²) in [5, 5.41) is 19.3. The zero-order chi connectivity index (χ0) is 45.2. The largest absolute Gasteiger partial charge is 0.624 e. The van der Waals surface area contributed by atoms with Crippen molar-refractivity contribution in [3.63, 3.8) is 0 Å². The molecule has 0 aromatic heterocycles. The third-order valence-electron chi connectivity index (χ3n) is 10.8. The summed E-state index contributed by atoms with van der Waals surface area (Å²) in [5.41, 5.74) is 4.49. The lowest BCUT2D eigenvalue weighted by molar-refractivity contribution is -0.504. The predicted octanol–water partition coefficient (Wildman–Crippen LogP) is 8.53. The van der Waals surface area contributed by atoms with E-state index < -0.39 is 0 Å². The second kappa shape index (κ2) is 28.3. The molecule has 0 saturated carbocycles. The molecular formula is C52H65N3O8. The minimum absolute atomic E-state index is 0.0231. The smallest absolute Gasteiger partial charge is 0.231 e. The molecule has 336 valence electrons. The third-order valence-corrected chi connectivity index (χ3v) is 10.8. The lowest BCUT2D eigenvalue weighted by Gasteiger charge is -2.47. The fraction of sp³-hybridized carbons (Fsp3) is 0.442. The first-order valence-corrected chi connectivity index (χ1v) is 21.9. The highest BCUT2D eigenvalue weighted by Gasteiger charge is 2.59. The molecule has 0 spiro atoms. The zero-order valence-corrected chi connectivity index (χ0v) is 37.5. The van der Waals surface area contributed by atoms with Gasteiger partial charge in [0.25, 0.3) is 0 Å². The number of β-lactam (4-membered cyclic amide) rings is 1. The van der Waals surface area contributed by atoms with E-state index in [0.29, 0.717) is 59.3 Å². The number of terminal acetylenes is 1. The molecule has 0 bridgehead atoms. The number of hydrogen-bond donors (Lipinski definition) is 0. The maximum atomic E-state index is 13.0. The quantitative estimate of drug-likeness (QED) is 0.0395. The molecule has 0 radical (unpaired) electrons. The molecule has 3 aliphatic heterocycles. The van der Waals surface area contributed by atoms with E-state index in [2.05, 4.69) is 30.2 Å². The number of hydrogen-bond acceptors (Lipinski definition) is 9. The van der Waals surface area contributed by atoms with E-state index >= 15 is 0 Å². The average Bonchev–Trinajstić information content (AvgIpc) is 3.82. The van der Waals surface area contributed by atoms with Crippen LogP contribution in [0.2, 0.25) is 0 Å². The number of rotatable bonds is 19. The first-order valence-electron chi connectivity index (χ1n) is 21.9. The van der Waals surface area contributed by atoms with E-state index in [1.165, 1.54) is 6.92 Å². The Morgan fingerprint density at radius 1 is 0.730 bits per heavy atom. The molecule has 7 rings (SSSR count). The second-order valence-electron chi connectivity index (χ2n) is 15.3. The average molecular weight is 860 g/mol. The van der Waals surface area contributed by atoms with Gasteiger partial charge in [-0.3, -0.25) is 4.79 Å². The Hall–Kier alpha value is -5.37. The fourth-order valence-electron chi connectivity index (χ4n) is 7.70. The highest BCUT2D eigenvalue weighted by Crippen LogP contribution is 2.43. The molecule has 63 heavy (non-hydrogen) atoms. The van der Waals surface area contributed by atoms with Crippen molar-refractivity contribution in [1.29, 1.82) is 5.26 Å². The van der Waals surface area contributed by atoms with Crippen LogP contribution in [0.4, 0.5) is 0 Å². The highest BCUT2D eigenvalue weighted by molar-refractivity contribution is 5.87. The number of carbonyl (C=O) groups excluding carboxylic acids is 1. The van der Waals surface area contributed by atoms with E-state index in [9.17, 15) is 10.0 Å². The number of fused-ring (bicyclic) bond motifs is 1. The number of hydroxylamine groups is 1. The van der Waals surface area contributed by atoms with Gasteiger partial charge >= 0.3 is 0 Å². The SMILES string of the molecule is C#CC(C)OCC.CC#N.CCOC(C)[C@@H]1C(=O)N2[C@@H]1C[C@H](OCc1ccccc1)[C@@H]2COCc1ccccc1.[O-][N+]1=CC[C@H](OCc2ccccc2)[C@@H]1COCc1ccccc1. The topological polar surface area (TPSA) is 126 Å². The summed E-state index contributed by atoms with van der Waals surface area (Å²) >= 11 is 0. The summed E-state index contributed by atoms with van der Waals surface area (Å²) in [5.74, 6) is 2.53. The Bertz CT molecular complexity index is 1970. The summed E-state index contributed by atoms with van der Waals surface area (Å²) in [4.78, 5) is 14.9. The first-order chi connectivity index (χ1) is 30.7. The van der Waals surface area contributed by atoms with Crippen molar-refractivity contribution in [3.05, 3.63) is 149 Å². The van der Waals surface area contributed by atoms with Crippen LogP contribution < -0.4 is 0 Å². The molecule has 8 atom stereocenters. The van der Waals surface area contributed by atoms with Gasteiger partial charge < -0.3 is 38.5 Å². The van der Waals surface area contributed by atoms with E-state index in [4.69, 9.17) is 40.1 Å². The van der Waals surface area contributed by atoms with Gasteiger partial charge in [0.05, 0.1) is 69.7 Å². The number of amides is 1. The van der Waals surface area contributed by atoms with E-state index in [0.717, 1.165) is 33.4 Å². The van der Waals surface area contributed by atoms with Crippen LogP contribution in [0.15, 0.2) is 121 Å². The van der Waals surface area contributed by atoms with Crippen LogP contribution in [0.5, 0.6) is 0 Å². The number of nitrogens with zero attached hydrogens (tertiary/aromatic N) is 3. The van der Waals surface area contributed by atoms with Gasteiger partial charge in [0.1, 0.15) is 18.8 Å². The third kappa shape index (κ3) is 16.4. The lowest BCUT2D eigenvalue weighted by atomic mass is 9.84. The van der Waals surface area contributed by atoms with E-state index in [1.54, 1.807) is 12.3 Å². The van der Waals surface area contributed by atoms with Crippen LogP contribution >= 0.6 is 0 Å². The molecule has 11 nitrogen and oxygen atoms in total. The van der Waals surface area contributed by atoms with Crippen molar-refractivity contribution in [2.45, 2.75) is 116 Å². The molecule has 2 fully saturated rings. The number of carbonyl (C=O) groups is 1. The zero-order valence-electron chi connectivity index (χ0n) is 37.5. The molecular weight excluding hydrogens is 795 g/mol. The van der Waals surface area contributed by atoms with Crippen molar-refractivity contribution in [2.24, 2.45) is 5.92 Å². The fourth-order valence-corrected chi connectivity index (χ4v) is 7.70. The van der Waals surface area contributed by atoms with Gasteiger partial charge in [0.15, 0.2) is 6.21 Å². The van der Waals surface area contributed by atoms with Crippen LogP contribution in [-0.4, -0.2) is 90.7 Å². The van der Waals surface area contributed by atoms with Crippen LogP contribution in [0.1, 0.15) is 69.7 Å². The Morgan fingerprint density at radius 3 is 1.62 bits per heavy atom. The highest BCUT2D eigenvalue weighted by atomic mass is 16.5. The molecule has 2 unspecified atom stereocenters. The van der Waals surface area contributed by atoms with E-state index in [1.807, 2.05) is 130 Å². The Kier molecular flexibility index (Phi) is 22.6. The van der Waals surface area contributed by atoms with Gasteiger partial charge in [-0.1, -0.05) is 127 Å². The van der Waals surface area contributed by atoms with Crippen LogP contribution in [0, 0.1) is 34.8 Å². The van der Waals surface area contributed by atoms with Gasteiger partial charge in [-0.2, -0.15) is 5.26 Å². The number of ether oxygens (including phenoxy) is 6.